The summed E-state index contributed by atoms with van der Waals surface area (Å²) in [6.07, 6.45) is 0. The second-order valence-electron chi connectivity index (χ2n) is 6.73. The molecule has 0 saturated carbocycles. The highest BCUT2D eigenvalue weighted by Gasteiger charge is 2.21. The minimum Gasteiger partial charge on any atom is -0.454 e. The molecule has 0 fully saturated rings. The first-order valence-electron chi connectivity index (χ1n) is 9.05. The highest BCUT2D eigenvalue weighted by molar-refractivity contribution is 7.19. The van der Waals surface area contributed by atoms with Crippen LogP contribution in [0.3, 0.4) is 0 Å². The molecule has 0 spiro atoms. The second kappa shape index (κ2) is 7.41. The van der Waals surface area contributed by atoms with Crippen molar-refractivity contribution >= 4 is 27.5 Å². The number of furan rings is 1. The van der Waals surface area contributed by atoms with Crippen LogP contribution in [-0.4, -0.2) is 12.5 Å². The smallest absolute Gasteiger partial charge is 0.256 e. The van der Waals surface area contributed by atoms with E-state index < -0.39 is 0 Å². The molecular weight excluding hydrogens is 354 g/mol. The fourth-order valence-corrected chi connectivity index (χ4v) is 4.26. The van der Waals surface area contributed by atoms with Crippen LogP contribution in [0.5, 0.6) is 0 Å². The molecule has 3 nitrogen and oxygen atoms in total. The van der Waals surface area contributed by atoms with Crippen LogP contribution >= 0.6 is 11.3 Å². The average molecular weight is 375 g/mol. The van der Waals surface area contributed by atoms with Crippen molar-refractivity contribution < 1.29 is 9.21 Å². The Morgan fingerprint density at radius 3 is 2.44 bits per heavy atom. The van der Waals surface area contributed by atoms with E-state index in [2.05, 4.69) is 24.4 Å². The molecule has 4 heteroatoms. The van der Waals surface area contributed by atoms with Gasteiger partial charge in [0.2, 0.25) is 0 Å². The summed E-state index contributed by atoms with van der Waals surface area (Å²) in [6.45, 7) is 4.68. The van der Waals surface area contributed by atoms with Gasteiger partial charge in [-0.2, -0.15) is 0 Å². The number of carbonyl (C=O) groups excluding carboxylic acids is 1. The highest BCUT2D eigenvalue weighted by atomic mass is 32.1. The summed E-state index contributed by atoms with van der Waals surface area (Å²) in [5.41, 5.74) is 3.57. The van der Waals surface area contributed by atoms with Gasteiger partial charge in [0.05, 0.1) is 10.3 Å². The summed E-state index contributed by atoms with van der Waals surface area (Å²) >= 11 is 1.60. The largest absolute Gasteiger partial charge is 0.454 e. The van der Waals surface area contributed by atoms with Gasteiger partial charge in [0, 0.05) is 23.1 Å². The molecule has 0 aliphatic rings. The van der Waals surface area contributed by atoms with Crippen molar-refractivity contribution in [3.8, 4) is 11.3 Å². The zero-order valence-electron chi connectivity index (χ0n) is 15.4. The second-order valence-corrected chi connectivity index (χ2v) is 7.98. The van der Waals surface area contributed by atoms with Crippen molar-refractivity contribution in [2.24, 2.45) is 0 Å². The number of thiophene rings is 1. The fourth-order valence-electron chi connectivity index (χ4n) is 3.24. The SMILES string of the molecule is Cc1sc2cc(-c3ccccc3)oc2c1C(=O)NCC(C)c1ccccc1. The monoisotopic (exact) mass is 375 g/mol. The van der Waals surface area contributed by atoms with E-state index in [1.54, 1.807) is 11.3 Å². The minimum atomic E-state index is -0.0736. The number of fused-ring (bicyclic) bond motifs is 1. The van der Waals surface area contributed by atoms with Gasteiger partial charge in [-0.3, -0.25) is 4.79 Å². The highest BCUT2D eigenvalue weighted by Crippen LogP contribution is 2.37. The van der Waals surface area contributed by atoms with E-state index in [1.165, 1.54) is 5.56 Å². The van der Waals surface area contributed by atoms with E-state index in [0.717, 1.165) is 20.9 Å². The molecule has 0 aliphatic heterocycles. The molecule has 2 heterocycles. The normalized spacial score (nSPS) is 12.2. The number of carbonyl (C=O) groups is 1. The van der Waals surface area contributed by atoms with Crippen molar-refractivity contribution in [1.82, 2.24) is 5.32 Å². The van der Waals surface area contributed by atoms with Crippen LogP contribution in [0.15, 0.2) is 71.1 Å². The summed E-state index contributed by atoms with van der Waals surface area (Å²) in [7, 11) is 0. The quantitative estimate of drug-likeness (QED) is 0.464. The molecule has 0 aliphatic carbocycles. The molecule has 1 amide bonds. The molecule has 27 heavy (non-hydrogen) atoms. The Bertz CT molecular complexity index is 1060. The van der Waals surface area contributed by atoms with E-state index in [1.807, 2.05) is 61.5 Å². The Morgan fingerprint density at radius 2 is 1.74 bits per heavy atom. The van der Waals surface area contributed by atoms with Gasteiger partial charge in [0.1, 0.15) is 5.76 Å². The van der Waals surface area contributed by atoms with Gasteiger partial charge in [-0.15, -0.1) is 11.3 Å². The van der Waals surface area contributed by atoms with Crippen LogP contribution in [0.1, 0.15) is 33.6 Å². The predicted octanol–water partition coefficient (Wildman–Crippen LogP) is 6.00. The topological polar surface area (TPSA) is 42.2 Å². The maximum absolute atomic E-state index is 12.9. The lowest BCUT2D eigenvalue weighted by atomic mass is 10.0. The molecule has 4 aromatic rings. The summed E-state index contributed by atoms with van der Waals surface area (Å²) in [4.78, 5) is 13.8. The molecule has 2 aromatic heterocycles. The fraction of sp³-hybridized carbons (Fsp3) is 0.174. The van der Waals surface area contributed by atoms with Crippen LogP contribution in [0, 0.1) is 6.92 Å². The molecular formula is C23H21NO2S. The van der Waals surface area contributed by atoms with Gasteiger partial charge in [-0.25, -0.2) is 0 Å². The standard InChI is InChI=1S/C23H21NO2S/c1-15(17-9-5-3-6-10-17)14-24-23(25)21-16(2)27-20-13-19(26-22(20)21)18-11-7-4-8-12-18/h3-13,15H,14H2,1-2H3,(H,24,25). The van der Waals surface area contributed by atoms with E-state index in [4.69, 9.17) is 4.42 Å². The minimum absolute atomic E-state index is 0.0736. The molecule has 1 unspecified atom stereocenters. The Balaban J connectivity index is 1.56. The molecule has 0 saturated heterocycles. The number of hydrogen-bond donors (Lipinski definition) is 1. The Morgan fingerprint density at radius 1 is 1.07 bits per heavy atom. The first kappa shape index (κ1) is 17.6. The molecule has 0 radical (unpaired) electrons. The van der Waals surface area contributed by atoms with E-state index in [0.29, 0.717) is 17.7 Å². The number of rotatable bonds is 5. The molecule has 4 rings (SSSR count). The third-order valence-corrected chi connectivity index (χ3v) is 5.80. The van der Waals surface area contributed by atoms with Crippen molar-refractivity contribution in [2.45, 2.75) is 19.8 Å². The lowest BCUT2D eigenvalue weighted by molar-refractivity contribution is 0.0952. The predicted molar refractivity (Wildman–Crippen MR) is 111 cm³/mol. The van der Waals surface area contributed by atoms with Crippen LogP contribution in [-0.2, 0) is 0 Å². The molecule has 1 N–H and O–H groups in total. The number of nitrogens with one attached hydrogen (secondary N) is 1. The lowest BCUT2D eigenvalue weighted by Crippen LogP contribution is -2.27. The van der Waals surface area contributed by atoms with Gasteiger partial charge in [0.25, 0.3) is 5.91 Å². The van der Waals surface area contributed by atoms with E-state index in [9.17, 15) is 4.79 Å². The lowest BCUT2D eigenvalue weighted by Gasteiger charge is -2.13. The Kier molecular flexibility index (Phi) is 4.82. The van der Waals surface area contributed by atoms with Gasteiger partial charge < -0.3 is 9.73 Å². The van der Waals surface area contributed by atoms with Crippen LogP contribution in [0.4, 0.5) is 0 Å². The first-order valence-corrected chi connectivity index (χ1v) is 9.86. The maximum Gasteiger partial charge on any atom is 0.256 e. The number of hydrogen-bond acceptors (Lipinski definition) is 3. The van der Waals surface area contributed by atoms with Crippen LogP contribution in [0.25, 0.3) is 21.6 Å². The van der Waals surface area contributed by atoms with Crippen molar-refractivity contribution in [2.75, 3.05) is 6.54 Å². The van der Waals surface area contributed by atoms with Crippen molar-refractivity contribution in [3.05, 3.63) is 82.7 Å². The summed E-state index contributed by atoms with van der Waals surface area (Å²) in [5.74, 6) is 0.972. The third kappa shape index (κ3) is 3.53. The average Bonchev–Trinajstić information content (AvgIpc) is 3.23. The zero-order valence-corrected chi connectivity index (χ0v) is 16.2. The van der Waals surface area contributed by atoms with E-state index >= 15 is 0 Å². The van der Waals surface area contributed by atoms with E-state index in [-0.39, 0.29) is 11.8 Å². The first-order chi connectivity index (χ1) is 13.1. The summed E-state index contributed by atoms with van der Waals surface area (Å²) in [6, 6.07) is 22.2. The van der Waals surface area contributed by atoms with Gasteiger partial charge in [-0.05, 0) is 18.4 Å². The van der Waals surface area contributed by atoms with Crippen LogP contribution in [0.2, 0.25) is 0 Å². The molecule has 2 aromatic carbocycles. The Hall–Kier alpha value is -2.85. The maximum atomic E-state index is 12.9. The molecule has 136 valence electrons. The number of amides is 1. The van der Waals surface area contributed by atoms with Crippen molar-refractivity contribution in [1.29, 1.82) is 0 Å². The zero-order chi connectivity index (χ0) is 18.8. The van der Waals surface area contributed by atoms with Gasteiger partial charge in [-0.1, -0.05) is 67.6 Å². The number of aryl methyl sites for hydroxylation is 1. The van der Waals surface area contributed by atoms with Crippen LogP contribution < -0.4 is 5.32 Å². The van der Waals surface area contributed by atoms with Gasteiger partial charge >= 0.3 is 0 Å². The third-order valence-electron chi connectivity index (χ3n) is 4.76. The summed E-state index contributed by atoms with van der Waals surface area (Å²) in [5, 5.41) is 3.07. The number of benzene rings is 2. The Labute approximate surface area is 162 Å². The molecule has 1 atom stereocenters. The van der Waals surface area contributed by atoms with Gasteiger partial charge in [0.15, 0.2) is 5.58 Å². The van der Waals surface area contributed by atoms with Crippen molar-refractivity contribution in [3.63, 3.8) is 0 Å². The molecule has 0 bridgehead atoms. The summed E-state index contributed by atoms with van der Waals surface area (Å²) < 4.78 is 7.08.